The fourth-order valence-corrected chi connectivity index (χ4v) is 5.55. The molecule has 0 aliphatic heterocycles. The second-order valence-corrected chi connectivity index (χ2v) is 12.1. The normalized spacial score (nSPS) is 13.3. The van der Waals surface area contributed by atoms with Gasteiger partial charge >= 0.3 is 0 Å². The molecule has 10 heteroatoms. The first-order chi connectivity index (χ1) is 18.0. The zero-order valence-electron chi connectivity index (χ0n) is 21.9. The van der Waals surface area contributed by atoms with Gasteiger partial charge in [-0.1, -0.05) is 73.4 Å². The molecule has 204 valence electrons. The first-order valence-corrected chi connectivity index (χ1v) is 14.7. The maximum atomic E-state index is 13.6. The highest BCUT2D eigenvalue weighted by Gasteiger charge is 2.32. The van der Waals surface area contributed by atoms with Crippen LogP contribution in [0.25, 0.3) is 10.8 Å². The van der Waals surface area contributed by atoms with Gasteiger partial charge < -0.3 is 10.2 Å². The number of hydrogen-bond acceptors (Lipinski definition) is 4. The van der Waals surface area contributed by atoms with Crippen LogP contribution in [0.4, 0.5) is 0 Å². The monoisotopic (exact) mass is 577 g/mol. The third-order valence-corrected chi connectivity index (χ3v) is 9.05. The number of nitrogens with zero attached hydrogens (tertiary/aromatic N) is 2. The molecule has 3 aromatic rings. The largest absolute Gasteiger partial charge is 0.352 e. The number of carbonyl (C=O) groups excluding carboxylic acids is 2. The molecule has 3 rings (SSSR count). The highest BCUT2D eigenvalue weighted by atomic mass is 35.5. The number of nitrogens with one attached hydrogen (secondary N) is 1. The SMILES string of the molecule is CC[C@H](C)NC(=O)[C@H](CC)N(Cc1ccc(Cl)c(Cl)c1)C(=O)CN(C)S(=O)(=O)c1ccc2ccccc2c1. The number of sulfonamides is 1. The summed E-state index contributed by atoms with van der Waals surface area (Å²) in [7, 11) is -2.61. The molecule has 0 bridgehead atoms. The molecular weight excluding hydrogens is 545 g/mol. The van der Waals surface area contributed by atoms with E-state index in [1.807, 2.05) is 45.0 Å². The third kappa shape index (κ3) is 7.05. The summed E-state index contributed by atoms with van der Waals surface area (Å²) >= 11 is 12.2. The summed E-state index contributed by atoms with van der Waals surface area (Å²) in [4.78, 5) is 28.3. The molecule has 38 heavy (non-hydrogen) atoms. The maximum absolute atomic E-state index is 13.6. The van der Waals surface area contributed by atoms with Crippen molar-refractivity contribution in [1.29, 1.82) is 0 Å². The Morgan fingerprint density at radius 2 is 1.61 bits per heavy atom. The molecule has 0 spiro atoms. The standard InChI is InChI=1S/C28H33Cl2N3O4S/c1-5-19(3)31-28(35)26(6-2)33(17-20-11-14-24(29)25(30)15-20)27(34)18-32(4)38(36,37)23-13-12-21-9-7-8-10-22(21)16-23/h7-16,19,26H,5-6,17-18H2,1-4H3,(H,31,35)/t19-,26-/m0/s1. The van der Waals surface area contributed by atoms with Crippen LogP contribution in [-0.4, -0.2) is 55.1 Å². The first kappa shape index (κ1) is 29.9. The quantitative estimate of drug-likeness (QED) is 0.326. The molecule has 3 aromatic carbocycles. The minimum absolute atomic E-state index is 0.0615. The second kappa shape index (κ2) is 12.9. The average molecular weight is 579 g/mol. The van der Waals surface area contributed by atoms with E-state index >= 15 is 0 Å². The number of hydrogen-bond donors (Lipinski definition) is 1. The van der Waals surface area contributed by atoms with Crippen molar-refractivity contribution in [2.75, 3.05) is 13.6 Å². The van der Waals surface area contributed by atoms with Crippen LogP contribution in [0.15, 0.2) is 65.6 Å². The van der Waals surface area contributed by atoms with Crippen molar-refractivity contribution >= 4 is 55.8 Å². The molecule has 1 N–H and O–H groups in total. The van der Waals surface area contributed by atoms with Crippen LogP contribution < -0.4 is 5.32 Å². The lowest BCUT2D eigenvalue weighted by Crippen LogP contribution is -2.53. The Kier molecular flexibility index (Phi) is 10.2. The van der Waals surface area contributed by atoms with Gasteiger partial charge in [0.1, 0.15) is 6.04 Å². The van der Waals surface area contributed by atoms with Crippen LogP contribution in [0, 0.1) is 0 Å². The number of amides is 2. The number of fused-ring (bicyclic) bond motifs is 1. The molecule has 0 heterocycles. The molecule has 7 nitrogen and oxygen atoms in total. The Morgan fingerprint density at radius 1 is 0.921 bits per heavy atom. The summed E-state index contributed by atoms with van der Waals surface area (Å²) in [6.45, 7) is 5.28. The molecule has 0 aliphatic carbocycles. The van der Waals surface area contributed by atoms with Crippen molar-refractivity contribution in [2.24, 2.45) is 0 Å². The van der Waals surface area contributed by atoms with E-state index in [0.717, 1.165) is 21.5 Å². The molecule has 0 aromatic heterocycles. The van der Waals surface area contributed by atoms with E-state index in [-0.39, 0.29) is 23.4 Å². The second-order valence-electron chi connectivity index (χ2n) is 9.28. The molecule has 0 saturated heterocycles. The molecule has 2 atom stereocenters. The van der Waals surface area contributed by atoms with Gasteiger partial charge in [0.15, 0.2) is 0 Å². The Bertz CT molecular complexity index is 1410. The summed E-state index contributed by atoms with van der Waals surface area (Å²) in [6.07, 6.45) is 1.08. The van der Waals surface area contributed by atoms with Gasteiger partial charge in [-0.2, -0.15) is 4.31 Å². The number of likely N-dealkylation sites (N-methyl/N-ethyl adjacent to an activating group) is 1. The molecular formula is C28H33Cl2N3O4S. The van der Waals surface area contributed by atoms with E-state index in [9.17, 15) is 18.0 Å². The van der Waals surface area contributed by atoms with Crippen LogP contribution in [0.5, 0.6) is 0 Å². The number of rotatable bonds is 11. The van der Waals surface area contributed by atoms with Crippen LogP contribution >= 0.6 is 23.2 Å². The Morgan fingerprint density at radius 3 is 2.24 bits per heavy atom. The van der Waals surface area contributed by atoms with E-state index in [1.165, 1.54) is 18.0 Å². The lowest BCUT2D eigenvalue weighted by atomic mass is 10.1. The fourth-order valence-electron chi connectivity index (χ4n) is 4.07. The predicted octanol–water partition coefficient (Wildman–Crippen LogP) is 5.49. The molecule has 0 radical (unpaired) electrons. The third-order valence-electron chi connectivity index (χ3n) is 6.51. The number of carbonyl (C=O) groups is 2. The Hall–Kier alpha value is -2.65. The van der Waals surface area contributed by atoms with Gasteiger partial charge in [-0.15, -0.1) is 0 Å². The predicted molar refractivity (Wildman–Crippen MR) is 153 cm³/mol. The van der Waals surface area contributed by atoms with E-state index in [4.69, 9.17) is 23.2 Å². The van der Waals surface area contributed by atoms with Gasteiger partial charge in [0.25, 0.3) is 0 Å². The van der Waals surface area contributed by atoms with Gasteiger partial charge in [0.05, 0.1) is 21.5 Å². The lowest BCUT2D eigenvalue weighted by molar-refractivity contribution is -0.141. The van der Waals surface area contributed by atoms with E-state index in [0.29, 0.717) is 22.0 Å². The van der Waals surface area contributed by atoms with Crippen molar-refractivity contribution in [2.45, 2.75) is 57.1 Å². The summed E-state index contributed by atoms with van der Waals surface area (Å²) in [5.74, 6) is -0.801. The fraction of sp³-hybridized carbons (Fsp3) is 0.357. The average Bonchev–Trinajstić information content (AvgIpc) is 2.89. The Labute approximate surface area is 234 Å². The van der Waals surface area contributed by atoms with Gasteiger partial charge in [-0.3, -0.25) is 9.59 Å². The van der Waals surface area contributed by atoms with Gasteiger partial charge in [-0.25, -0.2) is 8.42 Å². The summed E-state index contributed by atoms with van der Waals surface area (Å²) < 4.78 is 27.8. The van der Waals surface area contributed by atoms with E-state index in [2.05, 4.69) is 5.32 Å². The smallest absolute Gasteiger partial charge is 0.243 e. The molecule has 0 aliphatic rings. The van der Waals surface area contributed by atoms with Crippen LogP contribution in [0.1, 0.15) is 39.2 Å². The first-order valence-electron chi connectivity index (χ1n) is 12.5. The van der Waals surface area contributed by atoms with Crippen molar-refractivity contribution in [3.63, 3.8) is 0 Å². The molecule has 0 saturated carbocycles. The number of benzene rings is 3. The van der Waals surface area contributed by atoms with E-state index in [1.54, 1.807) is 30.3 Å². The zero-order valence-corrected chi connectivity index (χ0v) is 24.3. The van der Waals surface area contributed by atoms with Crippen molar-refractivity contribution < 1.29 is 18.0 Å². The van der Waals surface area contributed by atoms with Gasteiger partial charge in [0, 0.05) is 19.6 Å². The zero-order chi connectivity index (χ0) is 28.0. The van der Waals surface area contributed by atoms with Crippen LogP contribution in [0.2, 0.25) is 10.0 Å². The van der Waals surface area contributed by atoms with E-state index < -0.39 is 28.5 Å². The molecule has 0 fully saturated rings. The highest BCUT2D eigenvalue weighted by Crippen LogP contribution is 2.25. The maximum Gasteiger partial charge on any atom is 0.243 e. The van der Waals surface area contributed by atoms with Crippen molar-refractivity contribution in [3.8, 4) is 0 Å². The number of halogens is 2. The summed E-state index contributed by atoms with van der Waals surface area (Å²) in [5.41, 5.74) is 0.669. The summed E-state index contributed by atoms with van der Waals surface area (Å²) in [5, 5.41) is 5.32. The minimum Gasteiger partial charge on any atom is -0.352 e. The van der Waals surface area contributed by atoms with Crippen LogP contribution in [0.3, 0.4) is 0 Å². The summed E-state index contributed by atoms with van der Waals surface area (Å²) in [6, 6.07) is 16.4. The molecule has 0 unspecified atom stereocenters. The van der Waals surface area contributed by atoms with Crippen molar-refractivity contribution in [1.82, 2.24) is 14.5 Å². The Balaban J connectivity index is 1.90. The van der Waals surface area contributed by atoms with Crippen molar-refractivity contribution in [3.05, 3.63) is 76.3 Å². The minimum atomic E-state index is -3.97. The lowest BCUT2D eigenvalue weighted by Gasteiger charge is -2.32. The topological polar surface area (TPSA) is 86.8 Å². The molecule has 2 amide bonds. The van der Waals surface area contributed by atoms with Crippen LogP contribution in [-0.2, 0) is 26.2 Å². The highest BCUT2D eigenvalue weighted by molar-refractivity contribution is 7.89. The van der Waals surface area contributed by atoms with Gasteiger partial charge in [0.2, 0.25) is 21.8 Å². The van der Waals surface area contributed by atoms with Gasteiger partial charge in [-0.05, 0) is 60.4 Å².